The van der Waals surface area contributed by atoms with Crippen LogP contribution in [0.25, 0.3) is 0 Å². The van der Waals surface area contributed by atoms with Gasteiger partial charge in [0.2, 0.25) is 0 Å². The van der Waals surface area contributed by atoms with Gasteiger partial charge in [-0.25, -0.2) is 4.18 Å². The molecule has 4 fully saturated rings. The van der Waals surface area contributed by atoms with E-state index in [9.17, 15) is 18.3 Å². The molecular formula is C27H46O6S. The van der Waals surface area contributed by atoms with Crippen molar-refractivity contribution < 1.29 is 27.1 Å². The Morgan fingerprint density at radius 2 is 1.71 bits per heavy atom. The van der Waals surface area contributed by atoms with Crippen LogP contribution >= 0.6 is 0 Å². The summed E-state index contributed by atoms with van der Waals surface area (Å²) in [6.07, 6.45) is 8.40. The summed E-state index contributed by atoms with van der Waals surface area (Å²) in [7, 11) is -4.45. The standard InChI is InChI=1S/C27H46O6S/c1-16(2)24(33-34(30,31)32)9-6-17(3)20-7-8-21-25-22(11-13-27(20,21)5)26(4)12-10-19(28)14-18(26)15-23(25)29/h16-18,20-25,29H,6-15H2,1-5H3,(H,30,31,32). The van der Waals surface area contributed by atoms with Gasteiger partial charge in [0.05, 0.1) is 12.2 Å². The van der Waals surface area contributed by atoms with Gasteiger partial charge >= 0.3 is 10.4 Å². The van der Waals surface area contributed by atoms with Crippen LogP contribution in [0.15, 0.2) is 0 Å². The Morgan fingerprint density at radius 3 is 2.35 bits per heavy atom. The number of aliphatic hydroxyl groups is 1. The Labute approximate surface area is 206 Å². The molecule has 0 aromatic carbocycles. The first-order valence-corrected chi connectivity index (χ1v) is 15.0. The topological polar surface area (TPSA) is 101 Å². The Morgan fingerprint density at radius 1 is 1.03 bits per heavy atom. The minimum atomic E-state index is -4.45. The number of rotatable bonds is 7. The monoisotopic (exact) mass is 498 g/mol. The highest BCUT2D eigenvalue weighted by molar-refractivity contribution is 7.80. The maximum Gasteiger partial charge on any atom is 0.397 e. The van der Waals surface area contributed by atoms with E-state index >= 15 is 0 Å². The second-order valence-electron chi connectivity index (χ2n) is 13.1. The smallest absolute Gasteiger partial charge is 0.393 e. The lowest BCUT2D eigenvalue weighted by Gasteiger charge is -2.62. The molecule has 0 bridgehead atoms. The first-order valence-electron chi connectivity index (χ1n) is 13.6. The van der Waals surface area contributed by atoms with Gasteiger partial charge in [0, 0.05) is 12.8 Å². The number of ketones is 1. The molecule has 4 saturated carbocycles. The number of Topliss-reactive ketones (excluding diaryl/α,β-unsaturated/α-hetero) is 1. The summed E-state index contributed by atoms with van der Waals surface area (Å²) in [5, 5.41) is 11.4. The number of aliphatic hydroxyl groups excluding tert-OH is 1. The first-order chi connectivity index (χ1) is 15.8. The molecule has 6 nitrogen and oxygen atoms in total. The van der Waals surface area contributed by atoms with Crippen molar-refractivity contribution in [2.24, 2.45) is 52.3 Å². The summed E-state index contributed by atoms with van der Waals surface area (Å²) in [5.41, 5.74) is 0.368. The number of fused-ring (bicyclic) bond motifs is 5. The lowest BCUT2D eigenvalue weighted by molar-refractivity contribution is -0.169. The summed E-state index contributed by atoms with van der Waals surface area (Å²) in [6.45, 7) is 11.0. The van der Waals surface area contributed by atoms with Crippen LogP contribution in [0.3, 0.4) is 0 Å². The second-order valence-corrected chi connectivity index (χ2v) is 14.2. The van der Waals surface area contributed by atoms with Crippen LogP contribution in [0.5, 0.6) is 0 Å². The van der Waals surface area contributed by atoms with E-state index < -0.39 is 16.5 Å². The fourth-order valence-electron chi connectivity index (χ4n) is 9.27. The van der Waals surface area contributed by atoms with Gasteiger partial charge in [-0.3, -0.25) is 9.35 Å². The minimum Gasteiger partial charge on any atom is -0.393 e. The highest BCUT2D eigenvalue weighted by Gasteiger charge is 2.62. The highest BCUT2D eigenvalue weighted by Crippen LogP contribution is 2.68. The van der Waals surface area contributed by atoms with E-state index in [4.69, 9.17) is 8.74 Å². The largest absolute Gasteiger partial charge is 0.397 e. The molecular weight excluding hydrogens is 452 g/mol. The Bertz CT molecular complexity index is 870. The lowest BCUT2D eigenvalue weighted by atomic mass is 9.44. The summed E-state index contributed by atoms with van der Waals surface area (Å²) < 4.78 is 36.7. The van der Waals surface area contributed by atoms with Gasteiger partial charge in [-0.1, -0.05) is 34.6 Å². The van der Waals surface area contributed by atoms with Crippen LogP contribution in [0.2, 0.25) is 0 Å². The predicted molar refractivity (Wildman–Crippen MR) is 131 cm³/mol. The van der Waals surface area contributed by atoms with Gasteiger partial charge < -0.3 is 5.11 Å². The van der Waals surface area contributed by atoms with Crippen molar-refractivity contribution in [3.05, 3.63) is 0 Å². The molecule has 0 heterocycles. The van der Waals surface area contributed by atoms with E-state index in [1.807, 2.05) is 13.8 Å². The Hall–Kier alpha value is -0.500. The number of hydrogen-bond donors (Lipinski definition) is 2. The van der Waals surface area contributed by atoms with Crippen molar-refractivity contribution in [1.82, 2.24) is 0 Å². The molecule has 0 radical (unpaired) electrons. The van der Waals surface area contributed by atoms with E-state index in [0.717, 1.165) is 38.5 Å². The predicted octanol–water partition coefficient (Wildman–Crippen LogP) is 5.45. The third kappa shape index (κ3) is 4.76. The van der Waals surface area contributed by atoms with E-state index in [0.29, 0.717) is 60.6 Å². The average Bonchev–Trinajstić information content (AvgIpc) is 3.08. The molecule has 0 aromatic rings. The van der Waals surface area contributed by atoms with Crippen molar-refractivity contribution in [3.63, 3.8) is 0 Å². The van der Waals surface area contributed by atoms with Crippen LogP contribution < -0.4 is 0 Å². The molecule has 7 heteroatoms. The van der Waals surface area contributed by atoms with Crippen LogP contribution in [-0.2, 0) is 19.4 Å². The molecule has 4 aliphatic carbocycles. The van der Waals surface area contributed by atoms with Gasteiger partial charge in [0.15, 0.2) is 0 Å². The maximum absolute atomic E-state index is 12.2. The van der Waals surface area contributed by atoms with Gasteiger partial charge in [-0.2, -0.15) is 8.42 Å². The summed E-state index contributed by atoms with van der Waals surface area (Å²) in [4.78, 5) is 12.2. The zero-order valence-electron chi connectivity index (χ0n) is 21.7. The van der Waals surface area contributed by atoms with Crippen LogP contribution in [0.4, 0.5) is 0 Å². The maximum atomic E-state index is 12.2. The molecule has 34 heavy (non-hydrogen) atoms. The van der Waals surface area contributed by atoms with Crippen molar-refractivity contribution >= 4 is 16.2 Å². The summed E-state index contributed by atoms with van der Waals surface area (Å²) >= 11 is 0. The number of hydrogen-bond acceptors (Lipinski definition) is 5. The molecule has 10 unspecified atom stereocenters. The summed E-state index contributed by atoms with van der Waals surface area (Å²) in [6, 6.07) is 0. The number of carbonyl (C=O) groups is 1. The van der Waals surface area contributed by atoms with Crippen LogP contribution in [-0.4, -0.2) is 36.1 Å². The van der Waals surface area contributed by atoms with Crippen molar-refractivity contribution in [3.8, 4) is 0 Å². The zero-order chi connectivity index (χ0) is 25.1. The van der Waals surface area contributed by atoms with Gasteiger partial charge in [0.1, 0.15) is 5.78 Å². The molecule has 0 amide bonds. The normalized spacial score (nSPS) is 44.3. The van der Waals surface area contributed by atoms with E-state index in [1.54, 1.807) is 0 Å². The molecule has 2 N–H and O–H groups in total. The summed E-state index contributed by atoms with van der Waals surface area (Å²) in [5.74, 6) is 3.04. The Kier molecular flexibility index (Phi) is 7.36. The molecule has 4 aliphatic rings. The quantitative estimate of drug-likeness (QED) is 0.453. The zero-order valence-corrected chi connectivity index (χ0v) is 22.5. The van der Waals surface area contributed by atoms with E-state index in [1.165, 1.54) is 6.42 Å². The molecule has 4 rings (SSSR count). The van der Waals surface area contributed by atoms with Crippen molar-refractivity contribution in [1.29, 1.82) is 0 Å². The van der Waals surface area contributed by atoms with Crippen molar-refractivity contribution in [2.45, 2.75) is 111 Å². The molecule has 196 valence electrons. The minimum absolute atomic E-state index is 0.00456. The fourth-order valence-corrected chi connectivity index (χ4v) is 9.90. The van der Waals surface area contributed by atoms with Gasteiger partial charge in [-0.15, -0.1) is 0 Å². The average molecular weight is 499 g/mol. The Balaban J connectivity index is 1.47. The highest BCUT2D eigenvalue weighted by atomic mass is 32.3. The third-order valence-corrected chi connectivity index (χ3v) is 11.6. The fraction of sp³-hybridized carbons (Fsp3) is 0.963. The molecule has 0 aromatic heterocycles. The van der Waals surface area contributed by atoms with Gasteiger partial charge in [0.25, 0.3) is 0 Å². The second kappa shape index (κ2) is 9.42. The lowest BCUT2D eigenvalue weighted by Crippen LogP contribution is -2.58. The van der Waals surface area contributed by atoms with Gasteiger partial charge in [-0.05, 0) is 104 Å². The molecule has 0 aliphatic heterocycles. The van der Waals surface area contributed by atoms with E-state index in [-0.39, 0.29) is 22.9 Å². The molecule has 0 saturated heterocycles. The third-order valence-electron chi connectivity index (χ3n) is 11.2. The molecule has 0 spiro atoms. The molecule has 10 atom stereocenters. The number of carbonyl (C=O) groups excluding carboxylic acids is 1. The SMILES string of the molecule is CC(C)C(CCC(C)C1CCC2C3C(O)CC4CC(=O)CCC4(C)C3CCC12C)OS(=O)(=O)O. The van der Waals surface area contributed by atoms with E-state index in [2.05, 4.69) is 20.8 Å². The van der Waals surface area contributed by atoms with Crippen LogP contribution in [0.1, 0.15) is 98.8 Å². The first kappa shape index (κ1) is 26.6. The van der Waals surface area contributed by atoms with Crippen molar-refractivity contribution in [2.75, 3.05) is 0 Å². The van der Waals surface area contributed by atoms with Crippen LogP contribution in [0, 0.1) is 52.3 Å².